The number of hydrogen-bond donors (Lipinski definition) is 3. The number of H-pyrrole nitrogens is 3. The van der Waals surface area contributed by atoms with E-state index in [9.17, 15) is 0 Å². The maximum Gasteiger partial charge on any atom is 0.167 e. The Morgan fingerprint density at radius 3 is 1.59 bits per heavy atom. The Morgan fingerprint density at radius 1 is 0.317 bits per heavy atom. The van der Waals surface area contributed by atoms with Crippen molar-refractivity contribution in [3.05, 3.63) is 453 Å². The van der Waals surface area contributed by atoms with Gasteiger partial charge in [0, 0.05) is 144 Å². The number of benzene rings is 11. The zero-order chi connectivity index (χ0) is 103. The van der Waals surface area contributed by atoms with Gasteiger partial charge in [0.05, 0.1) is 34.0 Å². The number of furan rings is 2. The van der Waals surface area contributed by atoms with Crippen LogP contribution in [0.25, 0.3) is 133 Å². The molecule has 0 radical (unpaired) electrons. The van der Waals surface area contributed by atoms with Gasteiger partial charge in [-0.05, 0) is 406 Å². The molecule has 0 aliphatic rings. The lowest BCUT2D eigenvalue weighted by Crippen LogP contribution is -1.87. The lowest BCUT2D eigenvalue weighted by Gasteiger charge is -2.01. The topological polar surface area (TPSA) is 169 Å². The standard InChI is InChI=1S/2C11H11N.2C10H11N.2C10H10O.3C10H10S.2C9H10N2.C9H9NO.C9H9NS/c1-8-3-4-10-5-6-12-9(2)11(10)7-8;1-8-3-4-11-10(7-8)9(2)5-6-12-11;1-7-3-4-10-9(5-7)8(2)6-11-10;1-7-4-3-5-10-9(7)6-8(2)11-10;1-7-3-4-10-9(5-7)8(2)6-11-10;1-7-4-3-5-9-8(2)6-11-10(7)9;1-7-3-4-10-9(5-7)8(2)6-11-10;1-7-4-3-5-10-9(7)6-8(2)11-10;1-7-4-3-5-9-6-8(2)11-10(7)9;1-7-3-4-9-10-5-8(2)11(9)6-7;2*1-6-3-4-9-8(5-6)7(2)10-11-9;1-6-5-11-9-4-10-7(2)3-8(6)9/h2*3-7H,1-2H3;2*3-6,11H,1-2H3;6*3-6H,1-2H3;3-5H,1-2H3,(H,10,11);2*3-5H,1-2H3. The summed E-state index contributed by atoms with van der Waals surface area (Å²) in [6.45, 7) is 54.5. The van der Waals surface area contributed by atoms with Crippen molar-refractivity contribution in [2.45, 2.75) is 180 Å². The van der Waals surface area contributed by atoms with E-state index in [1.807, 2.05) is 135 Å². The fourth-order valence-corrected chi connectivity index (χ4v) is 20.8. The molecule has 0 atom stereocenters. The Hall–Kier alpha value is -15.0. The Balaban J connectivity index is 0.000000124. The van der Waals surface area contributed by atoms with Crippen LogP contribution < -0.4 is 0 Å². The molecular formula is C128H132N10O3S4. The monoisotopic (exact) mass is 1980 g/mol. The van der Waals surface area contributed by atoms with E-state index in [0.717, 1.165) is 61.6 Å². The second-order valence-corrected chi connectivity index (χ2v) is 42.3. The number of nitrogens with zero attached hydrogens (tertiary/aromatic N) is 7. The zero-order valence-electron chi connectivity index (χ0n) is 88.4. The number of aromatic nitrogens is 10. The van der Waals surface area contributed by atoms with Gasteiger partial charge in [0.25, 0.3) is 0 Å². The number of pyridine rings is 4. The summed E-state index contributed by atoms with van der Waals surface area (Å²) in [5.74, 6) is 0. The molecule has 26 aromatic rings. The Labute approximate surface area is 868 Å². The molecule has 736 valence electrons. The van der Waals surface area contributed by atoms with Gasteiger partial charge in [-0.15, -0.1) is 45.3 Å². The Morgan fingerprint density at radius 2 is 0.869 bits per heavy atom. The number of imidazole rings is 1. The average Bonchev–Trinajstić information content (AvgIpc) is 0.865. The molecule has 0 aliphatic carbocycles. The van der Waals surface area contributed by atoms with Crippen molar-refractivity contribution in [3.63, 3.8) is 0 Å². The third kappa shape index (κ3) is 27.7. The second-order valence-electron chi connectivity index (χ2n) is 37.9. The molecule has 0 bridgehead atoms. The summed E-state index contributed by atoms with van der Waals surface area (Å²) in [6, 6.07) is 86.8. The molecule has 0 aliphatic heterocycles. The van der Waals surface area contributed by atoms with Gasteiger partial charge in [-0.1, -0.05) is 165 Å². The zero-order valence-corrected chi connectivity index (χ0v) is 91.7. The van der Waals surface area contributed by atoms with Crippen molar-refractivity contribution in [2.75, 3.05) is 0 Å². The van der Waals surface area contributed by atoms with Gasteiger partial charge in [0.15, 0.2) is 5.58 Å². The molecule has 0 fully saturated rings. The Kier molecular flexibility index (Phi) is 35.7. The number of rotatable bonds is 0. The van der Waals surface area contributed by atoms with Crippen LogP contribution in [0.5, 0.6) is 0 Å². The van der Waals surface area contributed by atoms with E-state index in [-0.39, 0.29) is 0 Å². The minimum atomic E-state index is 0.869. The molecule has 0 amide bonds. The summed E-state index contributed by atoms with van der Waals surface area (Å²) in [5.41, 5.74) is 38.6. The molecule has 13 nitrogen and oxygen atoms in total. The third-order valence-electron chi connectivity index (χ3n) is 25.2. The quantitative estimate of drug-likeness (QED) is 0.134. The highest BCUT2D eigenvalue weighted by Gasteiger charge is 2.10. The molecule has 0 saturated carbocycles. The van der Waals surface area contributed by atoms with E-state index in [4.69, 9.17) is 13.4 Å². The van der Waals surface area contributed by atoms with E-state index in [1.165, 1.54) is 216 Å². The summed E-state index contributed by atoms with van der Waals surface area (Å²) in [6.07, 6.45) is 15.3. The summed E-state index contributed by atoms with van der Waals surface area (Å²) < 4.78 is 23.4. The first-order chi connectivity index (χ1) is 69.5. The Bertz CT molecular complexity index is 7830. The van der Waals surface area contributed by atoms with Crippen LogP contribution in [0, 0.1) is 180 Å². The van der Waals surface area contributed by atoms with Crippen LogP contribution in [0.3, 0.4) is 0 Å². The number of thiophene rings is 4. The number of para-hydroxylation sites is 1. The first-order valence-electron chi connectivity index (χ1n) is 49.0. The van der Waals surface area contributed by atoms with Crippen LogP contribution in [-0.4, -0.2) is 49.7 Å². The molecule has 0 spiro atoms. The van der Waals surface area contributed by atoms with Gasteiger partial charge < -0.3 is 27.7 Å². The van der Waals surface area contributed by atoms with Gasteiger partial charge in [-0.2, -0.15) is 5.10 Å². The van der Waals surface area contributed by atoms with Crippen molar-refractivity contribution in [1.82, 2.24) is 49.7 Å². The average molecular weight is 1990 g/mol. The van der Waals surface area contributed by atoms with Crippen molar-refractivity contribution >= 4 is 179 Å². The summed E-state index contributed by atoms with van der Waals surface area (Å²) >= 11 is 7.33. The van der Waals surface area contributed by atoms with Crippen LogP contribution >= 0.6 is 45.3 Å². The summed E-state index contributed by atoms with van der Waals surface area (Å²) in [7, 11) is 0. The van der Waals surface area contributed by atoms with E-state index in [2.05, 4.69) is 425 Å². The molecule has 145 heavy (non-hydrogen) atoms. The van der Waals surface area contributed by atoms with Gasteiger partial charge in [-0.25, -0.2) is 4.98 Å². The van der Waals surface area contributed by atoms with Crippen molar-refractivity contribution in [2.24, 2.45) is 0 Å². The molecule has 15 aromatic heterocycles. The number of nitrogens with one attached hydrogen (secondary N) is 3. The van der Waals surface area contributed by atoms with Crippen molar-refractivity contribution in [1.29, 1.82) is 0 Å². The number of aromatic amines is 3. The van der Waals surface area contributed by atoms with Crippen molar-refractivity contribution in [3.8, 4) is 0 Å². The molecular weight excluding hydrogens is 1850 g/mol. The van der Waals surface area contributed by atoms with E-state index >= 15 is 0 Å². The fraction of sp³-hybridized carbons (Fsp3) is 0.203. The maximum atomic E-state index is 5.38. The normalized spacial score (nSPS) is 10.7. The van der Waals surface area contributed by atoms with Crippen LogP contribution in [0.4, 0.5) is 0 Å². The van der Waals surface area contributed by atoms with E-state index < -0.39 is 0 Å². The fourth-order valence-electron chi connectivity index (χ4n) is 17.0. The second kappa shape index (κ2) is 48.9. The predicted molar refractivity (Wildman–Crippen MR) is 626 cm³/mol. The summed E-state index contributed by atoms with van der Waals surface area (Å²) in [4.78, 5) is 26.3. The first-order valence-corrected chi connectivity index (χ1v) is 52.4. The summed E-state index contributed by atoms with van der Waals surface area (Å²) in [5, 5.41) is 32.2. The third-order valence-corrected chi connectivity index (χ3v) is 29.6. The SMILES string of the molecule is Cc1cc2c(C)cccc2[nH]1.Cc1cc2c(C)cccc2s1.Cc1cc2c(C)csc2cn1.Cc1cc2cccc(C)c2s1.Cc1ccc2[nH]cc(C)c2c1.Cc1ccc2ccnc(C)c2c1.Cc1ccc2n[nH]c(C)c2c1.Cc1ccc2ncc(C)n2c1.Cc1ccc2nccc(C)c2c1.Cc1ccc2occ(C)c2c1.Cc1ccc2onc(C)c2c1.Cc1ccc2scc(C)c2c1.Cc1coc2c(C)cccc12. The highest BCUT2D eigenvalue weighted by Crippen LogP contribution is 2.33. The van der Waals surface area contributed by atoms with Gasteiger partial charge in [0.2, 0.25) is 0 Å². The van der Waals surface area contributed by atoms with E-state index in [0.29, 0.717) is 0 Å². The smallest absolute Gasteiger partial charge is 0.167 e. The number of aryl methyl sites for hydroxylation is 26. The van der Waals surface area contributed by atoms with Crippen LogP contribution in [-0.2, 0) is 0 Å². The lowest BCUT2D eigenvalue weighted by molar-refractivity contribution is 0.450. The highest BCUT2D eigenvalue weighted by molar-refractivity contribution is 7.19. The molecule has 26 rings (SSSR count). The lowest BCUT2D eigenvalue weighted by atomic mass is 10.1. The maximum absolute atomic E-state index is 5.38. The predicted octanol–water partition coefficient (Wildman–Crippen LogP) is 37.4. The van der Waals surface area contributed by atoms with Gasteiger partial charge in [0.1, 0.15) is 16.8 Å². The van der Waals surface area contributed by atoms with Crippen LogP contribution in [0.1, 0.15) is 144 Å². The molecule has 0 saturated heterocycles. The highest BCUT2D eigenvalue weighted by atomic mass is 32.1. The largest absolute Gasteiger partial charge is 0.464 e. The molecule has 15 heterocycles. The molecule has 3 N–H and O–H groups in total. The number of fused-ring (bicyclic) bond motifs is 13. The molecule has 11 aromatic carbocycles. The minimum absolute atomic E-state index is 0.869. The first kappa shape index (κ1) is 106. The molecule has 17 heteroatoms. The van der Waals surface area contributed by atoms with Gasteiger partial charge in [-0.3, -0.25) is 20.1 Å². The van der Waals surface area contributed by atoms with Gasteiger partial charge >= 0.3 is 0 Å². The molecule has 0 unspecified atom stereocenters. The van der Waals surface area contributed by atoms with Crippen LogP contribution in [0.2, 0.25) is 0 Å². The number of hydrogen-bond acceptors (Lipinski definition) is 13. The van der Waals surface area contributed by atoms with Crippen molar-refractivity contribution < 1.29 is 13.4 Å². The van der Waals surface area contributed by atoms with Crippen LogP contribution in [0.15, 0.2) is 323 Å². The minimum Gasteiger partial charge on any atom is -0.464 e. The van der Waals surface area contributed by atoms with E-state index in [1.54, 1.807) is 23.9 Å².